The Morgan fingerprint density at radius 2 is 1.93 bits per heavy atom. The Morgan fingerprint density at radius 1 is 1.36 bits per heavy atom. The molecule has 1 atom stereocenters. The molecule has 0 heterocycles. The predicted molar refractivity (Wildman–Crippen MR) is 56.2 cm³/mol. The number of benzene rings is 1. The highest BCUT2D eigenvalue weighted by Crippen LogP contribution is 2.08. The third-order valence-corrected chi connectivity index (χ3v) is 2.12. The molecule has 0 spiro atoms. The Bertz CT molecular complexity index is 301. The van der Waals surface area contributed by atoms with E-state index in [4.69, 9.17) is 0 Å². The van der Waals surface area contributed by atoms with Gasteiger partial charge in [-0.05, 0) is 25.8 Å². The zero-order chi connectivity index (χ0) is 10.6. The second kappa shape index (κ2) is 4.91. The van der Waals surface area contributed by atoms with Gasteiger partial charge in [0.1, 0.15) is 5.78 Å². The number of rotatable bonds is 4. The van der Waals surface area contributed by atoms with Gasteiger partial charge in [-0.15, -0.1) is 0 Å². The molecule has 0 bridgehead atoms. The van der Waals surface area contributed by atoms with Gasteiger partial charge in [-0.3, -0.25) is 4.79 Å². The molecule has 1 rings (SSSR count). The normalized spacial score (nSPS) is 12.5. The highest BCUT2D eigenvalue weighted by molar-refractivity contribution is 5.75. The van der Waals surface area contributed by atoms with Crippen molar-refractivity contribution in [2.75, 3.05) is 0 Å². The molecule has 0 aliphatic rings. The zero-order valence-corrected chi connectivity index (χ0v) is 8.66. The van der Waals surface area contributed by atoms with E-state index in [2.05, 4.69) is 0 Å². The van der Waals surface area contributed by atoms with E-state index in [-0.39, 0.29) is 12.2 Å². The molecule has 1 unspecified atom stereocenters. The van der Waals surface area contributed by atoms with Crippen molar-refractivity contribution in [2.45, 2.75) is 32.8 Å². The largest absolute Gasteiger partial charge is 0.392 e. The molecule has 0 saturated carbocycles. The van der Waals surface area contributed by atoms with Crippen LogP contribution in [-0.4, -0.2) is 17.0 Å². The number of aryl methyl sites for hydroxylation is 1. The van der Waals surface area contributed by atoms with Crippen LogP contribution < -0.4 is 0 Å². The van der Waals surface area contributed by atoms with Crippen molar-refractivity contribution in [3.05, 3.63) is 35.4 Å². The van der Waals surface area contributed by atoms with Crippen molar-refractivity contribution >= 4 is 5.78 Å². The molecule has 2 heteroatoms. The first-order valence-corrected chi connectivity index (χ1v) is 4.81. The van der Waals surface area contributed by atoms with Crippen molar-refractivity contribution in [3.63, 3.8) is 0 Å². The molecule has 14 heavy (non-hydrogen) atoms. The van der Waals surface area contributed by atoms with E-state index in [1.54, 1.807) is 0 Å². The van der Waals surface area contributed by atoms with Crippen molar-refractivity contribution in [1.29, 1.82) is 0 Å². The summed E-state index contributed by atoms with van der Waals surface area (Å²) in [5.74, 6) is 0.0320. The van der Waals surface area contributed by atoms with Crippen LogP contribution in [0.1, 0.15) is 24.5 Å². The van der Waals surface area contributed by atoms with Crippen LogP contribution in [0.2, 0.25) is 0 Å². The van der Waals surface area contributed by atoms with Crippen LogP contribution in [0.25, 0.3) is 0 Å². The molecule has 0 saturated heterocycles. The number of hydrogen-bond acceptors (Lipinski definition) is 2. The average Bonchev–Trinajstić information content (AvgIpc) is 2.07. The summed E-state index contributed by atoms with van der Waals surface area (Å²) in [7, 11) is 0. The number of hydrogen-bond donors (Lipinski definition) is 1. The van der Waals surface area contributed by atoms with Crippen molar-refractivity contribution in [3.8, 4) is 0 Å². The van der Waals surface area contributed by atoms with Crippen LogP contribution in [0.4, 0.5) is 0 Å². The molecule has 0 amide bonds. The van der Waals surface area contributed by atoms with Gasteiger partial charge in [-0.1, -0.05) is 29.8 Å². The van der Waals surface area contributed by atoms with Gasteiger partial charge in [0.25, 0.3) is 0 Å². The summed E-state index contributed by atoms with van der Waals surface area (Å²) in [5, 5.41) is 9.52. The zero-order valence-electron chi connectivity index (χ0n) is 8.66. The molecule has 0 aliphatic heterocycles. The Kier molecular flexibility index (Phi) is 3.84. The lowest BCUT2D eigenvalue weighted by molar-refractivity contribution is -0.118. The molecular weight excluding hydrogens is 176 g/mol. The number of Topliss-reactive ketones (excluding diaryl/α,β-unsaturated/α-hetero) is 1. The SMILES string of the molecule is CC(=O)CC(O)Cc1ccc(C)cc1. The minimum Gasteiger partial charge on any atom is -0.392 e. The maximum absolute atomic E-state index is 10.7. The fraction of sp³-hybridized carbons (Fsp3) is 0.417. The fourth-order valence-electron chi connectivity index (χ4n) is 1.40. The first kappa shape index (κ1) is 10.9. The summed E-state index contributed by atoms with van der Waals surface area (Å²) < 4.78 is 0. The second-order valence-corrected chi connectivity index (χ2v) is 3.75. The summed E-state index contributed by atoms with van der Waals surface area (Å²) in [5.41, 5.74) is 2.28. The lowest BCUT2D eigenvalue weighted by atomic mass is 10.0. The predicted octanol–water partition coefficient (Wildman–Crippen LogP) is 1.88. The summed E-state index contributed by atoms with van der Waals surface area (Å²) >= 11 is 0. The maximum atomic E-state index is 10.7. The first-order chi connectivity index (χ1) is 6.58. The maximum Gasteiger partial charge on any atom is 0.132 e. The summed E-state index contributed by atoms with van der Waals surface area (Å²) in [6, 6.07) is 7.99. The summed E-state index contributed by atoms with van der Waals surface area (Å²) in [6.07, 6.45) is 0.253. The van der Waals surface area contributed by atoms with E-state index in [1.165, 1.54) is 12.5 Å². The van der Waals surface area contributed by atoms with E-state index < -0.39 is 6.10 Å². The van der Waals surface area contributed by atoms with E-state index in [0.717, 1.165) is 5.56 Å². The topological polar surface area (TPSA) is 37.3 Å². The summed E-state index contributed by atoms with van der Waals surface area (Å²) in [4.78, 5) is 10.7. The quantitative estimate of drug-likeness (QED) is 0.790. The minimum atomic E-state index is -0.546. The molecule has 76 valence electrons. The van der Waals surface area contributed by atoms with E-state index in [0.29, 0.717) is 6.42 Å². The lowest BCUT2D eigenvalue weighted by Gasteiger charge is -2.08. The smallest absolute Gasteiger partial charge is 0.132 e. The second-order valence-electron chi connectivity index (χ2n) is 3.75. The van der Waals surface area contributed by atoms with Crippen molar-refractivity contribution in [2.24, 2.45) is 0 Å². The number of carbonyl (C=O) groups is 1. The number of ketones is 1. The van der Waals surface area contributed by atoms with Gasteiger partial charge in [0, 0.05) is 6.42 Å². The standard InChI is InChI=1S/C12H16O2/c1-9-3-5-11(6-4-9)8-12(14)7-10(2)13/h3-6,12,14H,7-8H2,1-2H3. The number of carbonyl (C=O) groups excluding carboxylic acids is 1. The molecule has 0 radical (unpaired) electrons. The molecule has 0 aromatic heterocycles. The Morgan fingerprint density at radius 3 is 2.43 bits per heavy atom. The Labute approximate surface area is 84.6 Å². The molecular formula is C12H16O2. The van der Waals surface area contributed by atoms with Crippen LogP contribution >= 0.6 is 0 Å². The van der Waals surface area contributed by atoms with E-state index in [1.807, 2.05) is 31.2 Å². The monoisotopic (exact) mass is 192 g/mol. The van der Waals surface area contributed by atoms with Crippen LogP contribution in [-0.2, 0) is 11.2 Å². The first-order valence-electron chi connectivity index (χ1n) is 4.81. The van der Waals surface area contributed by atoms with Crippen LogP contribution in [0.5, 0.6) is 0 Å². The van der Waals surface area contributed by atoms with Gasteiger partial charge in [0.15, 0.2) is 0 Å². The van der Waals surface area contributed by atoms with E-state index in [9.17, 15) is 9.90 Å². The molecule has 0 aliphatic carbocycles. The third-order valence-electron chi connectivity index (χ3n) is 2.12. The van der Waals surface area contributed by atoms with Gasteiger partial charge < -0.3 is 5.11 Å². The van der Waals surface area contributed by atoms with Gasteiger partial charge in [-0.25, -0.2) is 0 Å². The molecule has 0 fully saturated rings. The van der Waals surface area contributed by atoms with E-state index >= 15 is 0 Å². The highest BCUT2D eigenvalue weighted by atomic mass is 16.3. The van der Waals surface area contributed by atoms with Crippen LogP contribution in [0.15, 0.2) is 24.3 Å². The van der Waals surface area contributed by atoms with Crippen LogP contribution in [0, 0.1) is 6.92 Å². The minimum absolute atomic E-state index is 0.0320. The van der Waals surface area contributed by atoms with Crippen LogP contribution in [0.3, 0.4) is 0 Å². The van der Waals surface area contributed by atoms with Gasteiger partial charge in [-0.2, -0.15) is 0 Å². The Hall–Kier alpha value is -1.15. The molecule has 1 aromatic rings. The Balaban J connectivity index is 2.51. The van der Waals surface area contributed by atoms with Gasteiger partial charge >= 0.3 is 0 Å². The average molecular weight is 192 g/mol. The number of aliphatic hydroxyl groups is 1. The third kappa shape index (κ3) is 3.71. The lowest BCUT2D eigenvalue weighted by Crippen LogP contribution is -2.14. The van der Waals surface area contributed by atoms with Crippen molar-refractivity contribution in [1.82, 2.24) is 0 Å². The number of aliphatic hydroxyl groups excluding tert-OH is 1. The van der Waals surface area contributed by atoms with Crippen molar-refractivity contribution < 1.29 is 9.90 Å². The highest BCUT2D eigenvalue weighted by Gasteiger charge is 2.07. The molecule has 1 N–H and O–H groups in total. The molecule has 1 aromatic carbocycles. The molecule has 2 nitrogen and oxygen atoms in total. The van der Waals surface area contributed by atoms with Gasteiger partial charge in [0.2, 0.25) is 0 Å². The summed E-state index contributed by atoms with van der Waals surface area (Å²) in [6.45, 7) is 3.52. The van der Waals surface area contributed by atoms with Gasteiger partial charge in [0.05, 0.1) is 6.10 Å². The fourth-order valence-corrected chi connectivity index (χ4v) is 1.40.